The van der Waals surface area contributed by atoms with Crippen molar-refractivity contribution >= 4 is 12.4 Å². The van der Waals surface area contributed by atoms with Crippen molar-refractivity contribution < 1.29 is 14.2 Å². The molecule has 2 atom stereocenters. The smallest absolute Gasteiger partial charge is 0.231 e. The molecule has 6 nitrogen and oxygen atoms in total. The molecule has 3 N–H and O–H groups in total. The van der Waals surface area contributed by atoms with E-state index in [2.05, 4.69) is 23.1 Å². The number of ether oxygens (including phenoxy) is 3. The first-order valence-electron chi connectivity index (χ1n) is 7.04. The van der Waals surface area contributed by atoms with Crippen molar-refractivity contribution in [3.05, 3.63) is 18.2 Å². The maximum Gasteiger partial charge on any atom is 0.231 e. The van der Waals surface area contributed by atoms with E-state index in [1.807, 2.05) is 18.2 Å². The van der Waals surface area contributed by atoms with Crippen molar-refractivity contribution in [3.63, 3.8) is 0 Å². The fourth-order valence-electron chi connectivity index (χ4n) is 2.39. The second-order valence-electron chi connectivity index (χ2n) is 5.14. The highest BCUT2D eigenvalue weighted by molar-refractivity contribution is 5.85. The van der Waals surface area contributed by atoms with Crippen LogP contribution in [-0.2, 0) is 0 Å². The molecule has 0 amide bonds. The van der Waals surface area contributed by atoms with Crippen molar-refractivity contribution in [1.29, 1.82) is 0 Å². The molecule has 2 aliphatic rings. The van der Waals surface area contributed by atoms with Crippen molar-refractivity contribution in [2.24, 2.45) is 5.92 Å². The van der Waals surface area contributed by atoms with Crippen LogP contribution >= 0.6 is 12.4 Å². The van der Waals surface area contributed by atoms with E-state index in [4.69, 9.17) is 14.2 Å². The minimum absolute atomic E-state index is 0. The molecule has 0 bridgehead atoms. The van der Waals surface area contributed by atoms with Gasteiger partial charge in [0, 0.05) is 37.7 Å². The van der Waals surface area contributed by atoms with Crippen molar-refractivity contribution in [3.8, 4) is 17.2 Å². The Labute approximate surface area is 130 Å². The van der Waals surface area contributed by atoms with Crippen LogP contribution in [0.15, 0.2) is 18.2 Å². The molecule has 2 unspecified atom stereocenters. The van der Waals surface area contributed by atoms with E-state index in [1.165, 1.54) is 0 Å². The molecule has 3 rings (SSSR count). The molecule has 0 spiro atoms. The first kappa shape index (κ1) is 16.2. The second kappa shape index (κ2) is 7.70. The van der Waals surface area contributed by atoms with Crippen LogP contribution in [0.5, 0.6) is 17.2 Å². The molecule has 0 saturated carbocycles. The maximum absolute atomic E-state index is 5.69. The van der Waals surface area contributed by atoms with Gasteiger partial charge in [-0.15, -0.1) is 12.4 Å². The summed E-state index contributed by atoms with van der Waals surface area (Å²) < 4.78 is 16.3. The van der Waals surface area contributed by atoms with E-state index in [1.54, 1.807) is 0 Å². The number of hydrogen-bond acceptors (Lipinski definition) is 6. The van der Waals surface area contributed by atoms with E-state index < -0.39 is 0 Å². The van der Waals surface area contributed by atoms with Crippen molar-refractivity contribution in [2.75, 3.05) is 33.0 Å². The number of rotatable bonds is 6. The third-order valence-electron chi connectivity index (χ3n) is 3.70. The van der Waals surface area contributed by atoms with Crippen LogP contribution in [0.1, 0.15) is 6.92 Å². The van der Waals surface area contributed by atoms with E-state index in [9.17, 15) is 0 Å². The Kier molecular flexibility index (Phi) is 5.93. The summed E-state index contributed by atoms with van der Waals surface area (Å²) >= 11 is 0. The minimum Gasteiger partial charge on any atom is -0.492 e. The fourth-order valence-corrected chi connectivity index (χ4v) is 2.39. The van der Waals surface area contributed by atoms with Gasteiger partial charge < -0.3 is 19.5 Å². The van der Waals surface area contributed by atoms with Crippen LogP contribution in [0.3, 0.4) is 0 Å². The molecule has 1 aromatic carbocycles. The third-order valence-corrected chi connectivity index (χ3v) is 3.70. The molecule has 2 aliphatic heterocycles. The number of nitrogens with one attached hydrogen (secondary N) is 3. The SMILES string of the molecule is CC1NNCC1CNCCOc1ccc2c(c1)OCO2.Cl. The predicted octanol–water partition coefficient (Wildman–Crippen LogP) is 0.918. The van der Waals surface area contributed by atoms with Gasteiger partial charge >= 0.3 is 0 Å². The van der Waals surface area contributed by atoms with Gasteiger partial charge in [0.15, 0.2) is 11.5 Å². The number of benzene rings is 1. The van der Waals surface area contributed by atoms with Gasteiger partial charge in [-0.1, -0.05) is 0 Å². The number of hydrazine groups is 1. The predicted molar refractivity (Wildman–Crippen MR) is 82.3 cm³/mol. The van der Waals surface area contributed by atoms with Gasteiger partial charge in [-0.3, -0.25) is 10.9 Å². The lowest BCUT2D eigenvalue weighted by molar-refractivity contribution is 0.173. The van der Waals surface area contributed by atoms with Crippen LogP contribution in [0.2, 0.25) is 0 Å². The van der Waals surface area contributed by atoms with E-state index in [0.717, 1.165) is 36.9 Å². The molecule has 0 aromatic heterocycles. The van der Waals surface area contributed by atoms with Crippen LogP contribution in [0, 0.1) is 5.92 Å². The van der Waals surface area contributed by atoms with Gasteiger partial charge in [-0.05, 0) is 19.1 Å². The van der Waals surface area contributed by atoms with Gasteiger partial charge in [0.1, 0.15) is 12.4 Å². The highest BCUT2D eigenvalue weighted by Crippen LogP contribution is 2.34. The van der Waals surface area contributed by atoms with Crippen molar-refractivity contribution in [2.45, 2.75) is 13.0 Å². The second-order valence-corrected chi connectivity index (χ2v) is 5.14. The molecule has 1 fully saturated rings. The quantitative estimate of drug-likeness (QED) is 0.679. The molecule has 2 heterocycles. The molecule has 1 saturated heterocycles. The molecular weight excluding hydrogens is 294 g/mol. The fraction of sp³-hybridized carbons (Fsp3) is 0.571. The monoisotopic (exact) mass is 315 g/mol. The Bertz CT molecular complexity index is 461. The summed E-state index contributed by atoms with van der Waals surface area (Å²) in [6, 6.07) is 6.16. The lowest BCUT2D eigenvalue weighted by Crippen LogP contribution is -2.34. The molecule has 21 heavy (non-hydrogen) atoms. The van der Waals surface area contributed by atoms with Gasteiger partial charge in [-0.25, -0.2) is 0 Å². The Morgan fingerprint density at radius 3 is 3.00 bits per heavy atom. The van der Waals surface area contributed by atoms with Gasteiger partial charge in [-0.2, -0.15) is 0 Å². The summed E-state index contributed by atoms with van der Waals surface area (Å²) in [7, 11) is 0. The standard InChI is InChI=1S/C14H21N3O3.ClH/c1-10-11(8-16-17-10)7-15-4-5-18-12-2-3-13-14(6-12)20-9-19-13;/h2-3,6,10-11,15-17H,4-5,7-9H2,1H3;1H. The molecule has 0 radical (unpaired) electrons. The first-order valence-corrected chi connectivity index (χ1v) is 7.04. The Balaban J connectivity index is 0.00000161. The van der Waals surface area contributed by atoms with E-state index >= 15 is 0 Å². The number of hydrogen-bond donors (Lipinski definition) is 3. The molecular formula is C14H22ClN3O3. The average Bonchev–Trinajstić information content (AvgIpc) is 3.07. The van der Waals surface area contributed by atoms with Gasteiger partial charge in [0.2, 0.25) is 6.79 Å². The Hall–Kier alpha value is -1.21. The molecule has 1 aromatic rings. The van der Waals surface area contributed by atoms with Crippen molar-refractivity contribution in [1.82, 2.24) is 16.2 Å². The first-order chi connectivity index (χ1) is 9.83. The minimum atomic E-state index is 0. The third kappa shape index (κ3) is 4.14. The van der Waals surface area contributed by atoms with Gasteiger partial charge in [0.05, 0.1) is 0 Å². The highest BCUT2D eigenvalue weighted by Gasteiger charge is 2.21. The molecule has 7 heteroatoms. The highest BCUT2D eigenvalue weighted by atomic mass is 35.5. The van der Waals surface area contributed by atoms with E-state index in [-0.39, 0.29) is 12.4 Å². The van der Waals surface area contributed by atoms with Crippen LogP contribution in [0.25, 0.3) is 0 Å². The Morgan fingerprint density at radius 2 is 2.19 bits per heavy atom. The lowest BCUT2D eigenvalue weighted by Gasteiger charge is -2.14. The van der Waals surface area contributed by atoms with Gasteiger partial charge in [0.25, 0.3) is 0 Å². The summed E-state index contributed by atoms with van der Waals surface area (Å²) in [6.45, 7) is 5.96. The zero-order chi connectivity index (χ0) is 13.8. The number of fused-ring (bicyclic) bond motifs is 1. The maximum atomic E-state index is 5.69. The topological polar surface area (TPSA) is 63.8 Å². The number of halogens is 1. The molecule has 118 valence electrons. The summed E-state index contributed by atoms with van der Waals surface area (Å²) in [4.78, 5) is 0. The summed E-state index contributed by atoms with van der Waals surface area (Å²) in [5.41, 5.74) is 6.38. The molecule has 0 aliphatic carbocycles. The van der Waals surface area contributed by atoms with Crippen LogP contribution in [-0.4, -0.2) is 39.1 Å². The average molecular weight is 316 g/mol. The zero-order valence-electron chi connectivity index (χ0n) is 12.1. The summed E-state index contributed by atoms with van der Waals surface area (Å²) in [5, 5.41) is 3.42. The largest absolute Gasteiger partial charge is 0.492 e. The van der Waals surface area contributed by atoms with Crippen LogP contribution < -0.4 is 30.4 Å². The summed E-state index contributed by atoms with van der Waals surface area (Å²) in [5.74, 6) is 2.98. The van der Waals surface area contributed by atoms with Crippen LogP contribution in [0.4, 0.5) is 0 Å². The normalized spacial score (nSPS) is 22.9. The Morgan fingerprint density at radius 1 is 1.33 bits per heavy atom. The zero-order valence-corrected chi connectivity index (χ0v) is 12.9. The lowest BCUT2D eigenvalue weighted by atomic mass is 10.0. The summed E-state index contributed by atoms with van der Waals surface area (Å²) in [6.07, 6.45) is 0. The van der Waals surface area contributed by atoms with E-state index in [0.29, 0.717) is 25.4 Å².